The third-order valence-electron chi connectivity index (χ3n) is 4.18. The van der Waals surface area contributed by atoms with Gasteiger partial charge in [0.25, 0.3) is 0 Å². The second-order valence-corrected chi connectivity index (χ2v) is 6.22. The van der Waals surface area contributed by atoms with Crippen LogP contribution < -0.4 is 0 Å². The lowest BCUT2D eigenvalue weighted by molar-refractivity contribution is -0.137. The molecule has 1 aromatic heterocycles. The fourth-order valence-electron chi connectivity index (χ4n) is 2.98. The quantitative estimate of drug-likeness (QED) is 0.800. The number of ether oxygens (including phenoxy) is 1. The maximum atomic E-state index is 12.2. The lowest BCUT2D eigenvalue weighted by atomic mass is 10.1. The molecule has 0 spiro atoms. The highest BCUT2D eigenvalue weighted by molar-refractivity contribution is 6.31. The number of hydrogen-bond acceptors (Lipinski definition) is 4. The van der Waals surface area contributed by atoms with Crippen molar-refractivity contribution in [2.24, 2.45) is 0 Å². The molecule has 2 heterocycles. The molecule has 1 amide bonds. The van der Waals surface area contributed by atoms with Crippen molar-refractivity contribution in [3.05, 3.63) is 52.7 Å². The number of likely N-dealkylation sites (tertiary alicyclic amines) is 1. The van der Waals surface area contributed by atoms with Gasteiger partial charge in [0.1, 0.15) is 18.4 Å². The Hall–Kier alpha value is -1.85. The summed E-state index contributed by atoms with van der Waals surface area (Å²) in [5, 5.41) is 0.713. The first-order chi connectivity index (χ1) is 11.7. The lowest BCUT2D eigenvalue weighted by Crippen LogP contribution is -2.33. The topological polar surface area (TPSA) is 55.6 Å². The van der Waals surface area contributed by atoms with Gasteiger partial charge in [-0.15, -0.1) is 0 Å². The zero-order chi connectivity index (χ0) is 16.9. The van der Waals surface area contributed by atoms with Crippen LogP contribution in [0.1, 0.15) is 43.0 Å². The first-order valence-electron chi connectivity index (χ1n) is 8.24. The average Bonchev–Trinajstić information content (AvgIpc) is 3.23. The Kier molecular flexibility index (Phi) is 5.53. The van der Waals surface area contributed by atoms with E-state index in [0.29, 0.717) is 23.9 Å². The highest BCUT2D eigenvalue weighted by atomic mass is 35.5. The van der Waals surface area contributed by atoms with Crippen molar-refractivity contribution < 1.29 is 13.9 Å². The van der Waals surface area contributed by atoms with Crippen LogP contribution in [-0.2, 0) is 16.0 Å². The fourth-order valence-corrected chi connectivity index (χ4v) is 3.18. The third-order valence-corrected chi connectivity index (χ3v) is 4.55. The summed E-state index contributed by atoms with van der Waals surface area (Å²) >= 11 is 6.19. The molecule has 1 aliphatic rings. The molecule has 3 rings (SSSR count). The van der Waals surface area contributed by atoms with E-state index in [0.717, 1.165) is 30.7 Å². The molecular weight excluding hydrogens is 328 g/mol. The minimum Gasteiger partial charge on any atom is -0.443 e. The van der Waals surface area contributed by atoms with Crippen LogP contribution in [0.2, 0.25) is 5.02 Å². The van der Waals surface area contributed by atoms with Gasteiger partial charge >= 0.3 is 0 Å². The molecule has 1 aromatic carbocycles. The second kappa shape index (κ2) is 7.81. The summed E-state index contributed by atoms with van der Waals surface area (Å²) in [7, 11) is 0. The van der Waals surface area contributed by atoms with Gasteiger partial charge in [-0.2, -0.15) is 0 Å². The zero-order valence-electron chi connectivity index (χ0n) is 13.7. The van der Waals surface area contributed by atoms with Crippen LogP contribution in [0, 0.1) is 0 Å². The molecule has 0 saturated carbocycles. The van der Waals surface area contributed by atoms with Crippen molar-refractivity contribution in [3.63, 3.8) is 0 Å². The van der Waals surface area contributed by atoms with Crippen molar-refractivity contribution in [2.45, 2.75) is 32.2 Å². The van der Waals surface area contributed by atoms with Crippen LogP contribution in [-0.4, -0.2) is 35.5 Å². The number of carbonyl (C=O) groups excluding carboxylic acids is 1. The Morgan fingerprint density at radius 1 is 1.46 bits per heavy atom. The fraction of sp³-hybridized carbons (Fsp3) is 0.444. The molecule has 0 aliphatic carbocycles. The van der Waals surface area contributed by atoms with Gasteiger partial charge in [-0.1, -0.05) is 29.8 Å². The van der Waals surface area contributed by atoms with E-state index in [-0.39, 0.29) is 18.6 Å². The predicted octanol–water partition coefficient (Wildman–Crippen LogP) is 3.62. The summed E-state index contributed by atoms with van der Waals surface area (Å²) in [5.41, 5.74) is 0.998. The van der Waals surface area contributed by atoms with Crippen LogP contribution in [0.4, 0.5) is 0 Å². The third kappa shape index (κ3) is 3.79. The molecule has 24 heavy (non-hydrogen) atoms. The molecule has 2 aromatic rings. The molecule has 1 saturated heterocycles. The molecule has 5 nitrogen and oxygen atoms in total. The summed E-state index contributed by atoms with van der Waals surface area (Å²) in [5.74, 6) is 1.34. The molecule has 1 aliphatic heterocycles. The Morgan fingerprint density at radius 3 is 3.08 bits per heavy atom. The van der Waals surface area contributed by atoms with Crippen molar-refractivity contribution >= 4 is 17.5 Å². The van der Waals surface area contributed by atoms with Crippen molar-refractivity contribution in [1.82, 2.24) is 9.88 Å². The Bertz CT molecular complexity index is 701. The van der Waals surface area contributed by atoms with Crippen LogP contribution in [0.15, 0.2) is 34.9 Å². The van der Waals surface area contributed by atoms with E-state index in [1.165, 1.54) is 0 Å². The van der Waals surface area contributed by atoms with Gasteiger partial charge in [-0.05, 0) is 31.4 Å². The zero-order valence-corrected chi connectivity index (χ0v) is 14.5. The SMILES string of the molecule is CCOCC(=O)N1CCC[C@@H]1c1ncc(Cc2ccccc2Cl)o1. The molecule has 0 radical (unpaired) electrons. The Morgan fingerprint density at radius 2 is 2.29 bits per heavy atom. The monoisotopic (exact) mass is 348 g/mol. The van der Waals surface area contributed by atoms with Gasteiger partial charge in [0, 0.05) is 24.6 Å². The highest BCUT2D eigenvalue weighted by Gasteiger charge is 2.33. The molecule has 6 heteroatoms. The molecule has 0 bridgehead atoms. The van der Waals surface area contributed by atoms with Gasteiger partial charge in [-0.25, -0.2) is 4.98 Å². The summed E-state index contributed by atoms with van der Waals surface area (Å²) < 4.78 is 11.1. The molecule has 1 atom stereocenters. The van der Waals surface area contributed by atoms with E-state index < -0.39 is 0 Å². The maximum Gasteiger partial charge on any atom is 0.249 e. The van der Waals surface area contributed by atoms with Crippen LogP contribution in [0.5, 0.6) is 0 Å². The molecular formula is C18H21ClN2O3. The van der Waals surface area contributed by atoms with Gasteiger partial charge < -0.3 is 14.1 Å². The Labute approximate surface area is 146 Å². The number of amides is 1. The van der Waals surface area contributed by atoms with Crippen LogP contribution in [0.3, 0.4) is 0 Å². The largest absolute Gasteiger partial charge is 0.443 e. The van der Waals surface area contributed by atoms with E-state index in [9.17, 15) is 4.79 Å². The first kappa shape index (κ1) is 17.0. The van der Waals surface area contributed by atoms with E-state index >= 15 is 0 Å². The van der Waals surface area contributed by atoms with E-state index in [2.05, 4.69) is 4.98 Å². The molecule has 0 unspecified atom stereocenters. The van der Waals surface area contributed by atoms with E-state index in [4.69, 9.17) is 20.8 Å². The second-order valence-electron chi connectivity index (χ2n) is 5.82. The Balaban J connectivity index is 1.70. The van der Waals surface area contributed by atoms with Crippen molar-refractivity contribution in [3.8, 4) is 0 Å². The highest BCUT2D eigenvalue weighted by Crippen LogP contribution is 2.32. The maximum absolute atomic E-state index is 12.2. The lowest BCUT2D eigenvalue weighted by Gasteiger charge is -2.22. The van der Waals surface area contributed by atoms with E-state index in [1.807, 2.05) is 31.2 Å². The first-order valence-corrected chi connectivity index (χ1v) is 8.62. The number of oxazole rings is 1. The normalized spacial score (nSPS) is 17.4. The van der Waals surface area contributed by atoms with Gasteiger partial charge in [-0.3, -0.25) is 4.79 Å². The number of carbonyl (C=O) groups is 1. The number of halogens is 1. The van der Waals surface area contributed by atoms with Gasteiger partial charge in [0.05, 0.1) is 6.20 Å². The number of nitrogens with zero attached hydrogens (tertiary/aromatic N) is 2. The van der Waals surface area contributed by atoms with Gasteiger partial charge in [0.15, 0.2) is 0 Å². The van der Waals surface area contributed by atoms with Crippen LogP contribution >= 0.6 is 11.6 Å². The number of benzene rings is 1. The number of aromatic nitrogens is 1. The predicted molar refractivity (Wildman–Crippen MR) is 90.9 cm³/mol. The smallest absolute Gasteiger partial charge is 0.249 e. The standard InChI is InChI=1S/C18H21ClN2O3/c1-2-23-12-17(22)21-9-5-8-16(21)18-20-11-14(24-18)10-13-6-3-4-7-15(13)19/h3-4,6-7,11,16H,2,5,8-10,12H2,1H3/t16-/m1/s1. The molecule has 128 valence electrons. The minimum atomic E-state index is -0.0991. The summed E-state index contributed by atoms with van der Waals surface area (Å²) in [6, 6.07) is 7.58. The summed E-state index contributed by atoms with van der Waals surface area (Å²) in [6.45, 7) is 3.24. The van der Waals surface area contributed by atoms with Gasteiger partial charge in [0.2, 0.25) is 11.8 Å². The molecule has 1 fully saturated rings. The summed E-state index contributed by atoms with van der Waals surface area (Å²) in [4.78, 5) is 18.4. The minimum absolute atomic E-state index is 0.00907. The number of hydrogen-bond donors (Lipinski definition) is 0. The summed E-state index contributed by atoms with van der Waals surface area (Å²) in [6.07, 6.45) is 4.13. The van der Waals surface area contributed by atoms with Crippen molar-refractivity contribution in [2.75, 3.05) is 19.8 Å². The number of rotatable bonds is 6. The average molecular weight is 349 g/mol. The molecule has 0 N–H and O–H groups in total. The van der Waals surface area contributed by atoms with Crippen LogP contribution in [0.25, 0.3) is 0 Å². The van der Waals surface area contributed by atoms with Crippen molar-refractivity contribution in [1.29, 1.82) is 0 Å². The van der Waals surface area contributed by atoms with E-state index in [1.54, 1.807) is 11.1 Å².